The summed E-state index contributed by atoms with van der Waals surface area (Å²) in [6, 6.07) is 17.3. The molecule has 1 amide bonds. The molecule has 0 fully saturated rings. The van der Waals surface area contributed by atoms with E-state index in [0.29, 0.717) is 39.4 Å². The number of amides is 1. The van der Waals surface area contributed by atoms with Gasteiger partial charge >= 0.3 is 5.97 Å². The first kappa shape index (κ1) is 26.4. The fourth-order valence-corrected chi connectivity index (χ4v) is 3.53. The topological polar surface area (TPSA) is 97.7 Å². The Kier molecular flexibility index (Phi) is 9.19. The van der Waals surface area contributed by atoms with Crippen molar-refractivity contribution in [1.82, 2.24) is 0 Å². The third-order valence-electron chi connectivity index (χ3n) is 4.90. The number of esters is 1. The number of nitrogens with one attached hydrogen (secondary N) is 1. The van der Waals surface area contributed by atoms with Crippen LogP contribution in [0.5, 0.6) is 11.5 Å². The lowest BCUT2D eigenvalue weighted by atomic mass is 10.1. The summed E-state index contributed by atoms with van der Waals surface area (Å²) in [5.74, 6) is -0.581. The second kappa shape index (κ2) is 12.5. The van der Waals surface area contributed by atoms with Gasteiger partial charge < -0.3 is 19.5 Å². The maximum atomic E-state index is 13.1. The van der Waals surface area contributed by atoms with Crippen molar-refractivity contribution in [2.24, 2.45) is 0 Å². The van der Waals surface area contributed by atoms with Gasteiger partial charge in [-0.2, -0.15) is 5.26 Å². The van der Waals surface area contributed by atoms with Gasteiger partial charge in [-0.3, -0.25) is 4.79 Å². The molecule has 3 aromatic rings. The van der Waals surface area contributed by atoms with Crippen molar-refractivity contribution >= 4 is 39.6 Å². The zero-order chi connectivity index (χ0) is 26.1. The first-order chi connectivity index (χ1) is 17.3. The van der Waals surface area contributed by atoms with Crippen molar-refractivity contribution in [2.45, 2.75) is 13.5 Å². The van der Waals surface area contributed by atoms with Gasteiger partial charge in [0, 0.05) is 10.2 Å². The van der Waals surface area contributed by atoms with Gasteiger partial charge in [-0.1, -0.05) is 28.1 Å². The Balaban J connectivity index is 1.80. The zero-order valence-electron chi connectivity index (χ0n) is 19.5. The van der Waals surface area contributed by atoms with E-state index in [9.17, 15) is 19.2 Å². The molecule has 184 valence electrons. The first-order valence-electron chi connectivity index (χ1n) is 10.8. The molecule has 0 heterocycles. The Hall–Kier alpha value is -4.16. The van der Waals surface area contributed by atoms with Crippen LogP contribution in [0.4, 0.5) is 10.1 Å². The van der Waals surface area contributed by atoms with Crippen LogP contribution in [0.1, 0.15) is 28.4 Å². The van der Waals surface area contributed by atoms with E-state index in [-0.39, 0.29) is 18.0 Å². The van der Waals surface area contributed by atoms with Gasteiger partial charge in [0.15, 0.2) is 11.5 Å². The molecule has 0 saturated heterocycles. The number of hydrogen-bond donors (Lipinski definition) is 1. The van der Waals surface area contributed by atoms with Gasteiger partial charge in [0.2, 0.25) is 0 Å². The van der Waals surface area contributed by atoms with Crippen LogP contribution in [0.25, 0.3) is 6.08 Å². The van der Waals surface area contributed by atoms with E-state index >= 15 is 0 Å². The molecule has 0 saturated carbocycles. The fourth-order valence-electron chi connectivity index (χ4n) is 3.09. The molecule has 7 nitrogen and oxygen atoms in total. The maximum absolute atomic E-state index is 13.1. The molecule has 0 bridgehead atoms. The smallest absolute Gasteiger partial charge is 0.337 e. The predicted molar refractivity (Wildman–Crippen MR) is 136 cm³/mol. The minimum Gasteiger partial charge on any atom is -0.490 e. The summed E-state index contributed by atoms with van der Waals surface area (Å²) < 4.78 is 29.9. The third-order valence-corrected chi connectivity index (χ3v) is 5.59. The van der Waals surface area contributed by atoms with Crippen molar-refractivity contribution in [3.63, 3.8) is 0 Å². The molecule has 3 aromatic carbocycles. The van der Waals surface area contributed by atoms with Crippen LogP contribution in [0.2, 0.25) is 0 Å². The molecule has 36 heavy (non-hydrogen) atoms. The van der Waals surface area contributed by atoms with E-state index in [1.165, 1.54) is 49.6 Å². The number of hydrogen-bond acceptors (Lipinski definition) is 6. The SMILES string of the molecule is CCOc1cc(/C=C(\C#N)C(=O)Nc2ccc(C(=O)OC)cc2)c(Br)cc1OCc1ccc(F)cc1. The average molecular weight is 553 g/mol. The second-order valence-electron chi connectivity index (χ2n) is 7.36. The fraction of sp³-hybridized carbons (Fsp3) is 0.148. The van der Waals surface area contributed by atoms with E-state index in [0.717, 1.165) is 5.56 Å². The van der Waals surface area contributed by atoms with E-state index in [1.54, 1.807) is 24.3 Å². The summed E-state index contributed by atoms with van der Waals surface area (Å²) in [7, 11) is 1.28. The molecule has 0 unspecified atom stereocenters. The largest absolute Gasteiger partial charge is 0.490 e. The van der Waals surface area contributed by atoms with E-state index < -0.39 is 11.9 Å². The molecule has 0 aliphatic rings. The maximum Gasteiger partial charge on any atom is 0.337 e. The number of anilines is 1. The number of methoxy groups -OCH3 is 1. The number of ether oxygens (including phenoxy) is 3. The summed E-state index contributed by atoms with van der Waals surface area (Å²) >= 11 is 3.46. The number of nitriles is 1. The lowest BCUT2D eigenvalue weighted by molar-refractivity contribution is -0.112. The van der Waals surface area contributed by atoms with Crippen molar-refractivity contribution in [3.8, 4) is 17.6 Å². The Morgan fingerprint density at radius 1 is 1.06 bits per heavy atom. The van der Waals surface area contributed by atoms with Gasteiger partial charge in [0.1, 0.15) is 24.1 Å². The number of nitrogens with zero attached hydrogens (tertiary/aromatic N) is 1. The molecule has 0 aliphatic heterocycles. The number of carbonyl (C=O) groups is 2. The Morgan fingerprint density at radius 2 is 1.72 bits per heavy atom. The molecule has 0 spiro atoms. The summed E-state index contributed by atoms with van der Waals surface area (Å²) in [5.41, 5.74) is 1.91. The van der Waals surface area contributed by atoms with Gasteiger partial charge in [-0.05, 0) is 72.7 Å². The van der Waals surface area contributed by atoms with E-state index in [4.69, 9.17) is 9.47 Å². The highest BCUT2D eigenvalue weighted by atomic mass is 79.9. The Morgan fingerprint density at radius 3 is 2.33 bits per heavy atom. The van der Waals surface area contributed by atoms with Gasteiger partial charge in [-0.25, -0.2) is 9.18 Å². The number of benzene rings is 3. The molecule has 0 radical (unpaired) electrons. The molecule has 0 aromatic heterocycles. The Labute approximate surface area is 216 Å². The van der Waals surface area contributed by atoms with E-state index in [2.05, 4.69) is 26.0 Å². The van der Waals surface area contributed by atoms with Crippen LogP contribution in [0.15, 0.2) is 70.7 Å². The average Bonchev–Trinajstić information content (AvgIpc) is 2.88. The highest BCUT2D eigenvalue weighted by Gasteiger charge is 2.15. The van der Waals surface area contributed by atoms with Crippen LogP contribution >= 0.6 is 15.9 Å². The van der Waals surface area contributed by atoms with Crippen molar-refractivity contribution in [1.29, 1.82) is 5.26 Å². The third kappa shape index (κ3) is 6.93. The monoisotopic (exact) mass is 552 g/mol. The lowest BCUT2D eigenvalue weighted by Gasteiger charge is -2.14. The lowest BCUT2D eigenvalue weighted by Crippen LogP contribution is -2.13. The molecule has 0 atom stereocenters. The summed E-state index contributed by atoms with van der Waals surface area (Å²) in [5, 5.41) is 12.2. The summed E-state index contributed by atoms with van der Waals surface area (Å²) in [6.45, 7) is 2.38. The zero-order valence-corrected chi connectivity index (χ0v) is 21.1. The van der Waals surface area contributed by atoms with Crippen LogP contribution in [-0.2, 0) is 16.1 Å². The van der Waals surface area contributed by atoms with Crippen LogP contribution in [0.3, 0.4) is 0 Å². The van der Waals surface area contributed by atoms with E-state index in [1.807, 2.05) is 13.0 Å². The number of rotatable bonds is 9. The molecular formula is C27H22BrFN2O5. The normalized spacial score (nSPS) is 10.8. The Bertz CT molecular complexity index is 1320. The second-order valence-corrected chi connectivity index (χ2v) is 8.22. The molecule has 9 heteroatoms. The highest BCUT2D eigenvalue weighted by molar-refractivity contribution is 9.10. The standard InChI is InChI=1S/C27H22BrFN2O5/c1-3-35-24-13-19(23(28)14-25(24)36-16-17-4-8-21(29)9-5-17)12-20(15-30)26(32)31-22-10-6-18(7-11-22)27(33)34-2/h4-14H,3,16H2,1-2H3,(H,31,32)/b20-12+. The molecular weight excluding hydrogens is 531 g/mol. The minimum atomic E-state index is -0.621. The van der Waals surface area contributed by atoms with Gasteiger partial charge in [-0.15, -0.1) is 0 Å². The van der Waals surface area contributed by atoms with Gasteiger partial charge in [0.25, 0.3) is 5.91 Å². The number of carbonyl (C=O) groups excluding carboxylic acids is 2. The minimum absolute atomic E-state index is 0.143. The highest BCUT2D eigenvalue weighted by Crippen LogP contribution is 2.35. The first-order valence-corrected chi connectivity index (χ1v) is 11.6. The van der Waals surface area contributed by atoms with Crippen molar-refractivity contribution in [3.05, 3.63) is 93.2 Å². The van der Waals surface area contributed by atoms with Crippen molar-refractivity contribution < 1.29 is 28.2 Å². The quantitative estimate of drug-likeness (QED) is 0.201. The summed E-state index contributed by atoms with van der Waals surface area (Å²) in [6.07, 6.45) is 1.43. The van der Waals surface area contributed by atoms with Crippen LogP contribution in [0, 0.1) is 17.1 Å². The summed E-state index contributed by atoms with van der Waals surface area (Å²) in [4.78, 5) is 24.3. The van der Waals surface area contributed by atoms with Crippen molar-refractivity contribution in [2.75, 3.05) is 19.0 Å². The van der Waals surface area contributed by atoms with Gasteiger partial charge in [0.05, 0.1) is 19.3 Å². The van der Waals surface area contributed by atoms with Crippen LogP contribution < -0.4 is 14.8 Å². The number of halogens is 2. The van der Waals surface area contributed by atoms with Crippen LogP contribution in [-0.4, -0.2) is 25.6 Å². The molecule has 0 aliphatic carbocycles. The predicted octanol–water partition coefficient (Wildman–Crippen LogP) is 5.90. The molecule has 3 rings (SSSR count). The molecule has 1 N–H and O–H groups in total.